The Morgan fingerprint density at radius 2 is 2.07 bits per heavy atom. The molecule has 1 heterocycles. The highest BCUT2D eigenvalue weighted by molar-refractivity contribution is 7.99. The van der Waals surface area contributed by atoms with Gasteiger partial charge >= 0.3 is 0 Å². The van der Waals surface area contributed by atoms with Gasteiger partial charge in [0.2, 0.25) is 5.91 Å². The first kappa shape index (κ1) is 21.3. The number of para-hydroxylation sites is 3. The van der Waals surface area contributed by atoms with Crippen molar-refractivity contribution in [1.82, 2.24) is 4.90 Å². The number of fused-ring (bicyclic) bond motifs is 1. The Labute approximate surface area is 177 Å². The van der Waals surface area contributed by atoms with E-state index in [1.54, 1.807) is 11.8 Å². The van der Waals surface area contributed by atoms with Crippen molar-refractivity contribution in [1.29, 1.82) is 0 Å². The number of carbonyl (C=O) groups is 1. The average Bonchev–Trinajstić information content (AvgIpc) is 2.72. The molecule has 0 aromatic heterocycles. The van der Waals surface area contributed by atoms with Gasteiger partial charge in [-0.2, -0.15) is 0 Å². The molecular weight excluding hydrogens is 382 g/mol. The molecule has 0 saturated carbocycles. The predicted octanol–water partition coefficient (Wildman–Crippen LogP) is 4.12. The topological polar surface area (TPSA) is 44.8 Å². The molecule has 5 nitrogen and oxygen atoms in total. The third-order valence-corrected chi connectivity index (χ3v) is 5.82. The monoisotopic (exact) mass is 411 g/mol. The second-order valence-electron chi connectivity index (χ2n) is 7.09. The normalized spacial score (nSPS) is 15.6. The first-order valence-electron chi connectivity index (χ1n) is 9.92. The molecule has 0 bridgehead atoms. The molecule has 1 N–H and O–H groups in total. The summed E-state index contributed by atoms with van der Waals surface area (Å²) >= 11 is 1.66. The molecule has 1 aliphatic heterocycles. The molecule has 0 fully saturated rings. The van der Waals surface area contributed by atoms with Crippen LogP contribution < -0.4 is 15.0 Å². The van der Waals surface area contributed by atoms with Crippen LogP contribution in [0.3, 0.4) is 0 Å². The maximum atomic E-state index is 12.6. The number of thioether (sulfide) groups is 1. The lowest BCUT2D eigenvalue weighted by Crippen LogP contribution is -2.46. The molecule has 2 aromatic carbocycles. The number of hydrogen-bond donors (Lipinski definition) is 1. The minimum absolute atomic E-state index is 0.0253. The smallest absolute Gasteiger partial charge is 0.238 e. The number of benzene rings is 2. The Morgan fingerprint density at radius 3 is 2.86 bits per heavy atom. The number of hydrogen-bond acceptors (Lipinski definition) is 5. The second kappa shape index (κ2) is 10.4. The van der Waals surface area contributed by atoms with Crippen LogP contribution in [0.1, 0.15) is 6.92 Å². The summed E-state index contributed by atoms with van der Waals surface area (Å²) in [7, 11) is 1.96. The number of nitrogens with zero attached hydrogens (tertiary/aromatic N) is 2. The number of rotatable bonds is 9. The summed E-state index contributed by atoms with van der Waals surface area (Å²) in [5.74, 6) is 1.70. The highest BCUT2D eigenvalue weighted by atomic mass is 32.2. The molecule has 0 spiro atoms. The van der Waals surface area contributed by atoms with Crippen molar-refractivity contribution in [3.63, 3.8) is 0 Å². The summed E-state index contributed by atoms with van der Waals surface area (Å²) in [6.07, 6.45) is 1.89. The molecule has 1 amide bonds. The maximum absolute atomic E-state index is 12.6. The predicted molar refractivity (Wildman–Crippen MR) is 122 cm³/mol. The van der Waals surface area contributed by atoms with Crippen LogP contribution in [0.15, 0.2) is 66.1 Å². The number of amides is 1. The Hall–Kier alpha value is -2.44. The minimum Gasteiger partial charge on any atom is -0.485 e. The molecule has 0 radical (unpaired) electrons. The van der Waals surface area contributed by atoms with Gasteiger partial charge < -0.3 is 15.0 Å². The van der Waals surface area contributed by atoms with E-state index in [1.165, 1.54) is 0 Å². The molecule has 0 aliphatic carbocycles. The molecule has 6 heteroatoms. The number of ether oxygens (including phenoxy) is 1. The van der Waals surface area contributed by atoms with Crippen LogP contribution in [-0.2, 0) is 4.79 Å². The fraction of sp³-hybridized carbons (Fsp3) is 0.348. The van der Waals surface area contributed by atoms with Crippen LogP contribution in [0.2, 0.25) is 0 Å². The van der Waals surface area contributed by atoms with E-state index in [1.807, 2.05) is 60.5 Å². The van der Waals surface area contributed by atoms with Crippen molar-refractivity contribution in [2.24, 2.45) is 0 Å². The van der Waals surface area contributed by atoms with Crippen LogP contribution >= 0.6 is 11.8 Å². The van der Waals surface area contributed by atoms with E-state index in [-0.39, 0.29) is 12.0 Å². The summed E-state index contributed by atoms with van der Waals surface area (Å²) < 4.78 is 6.17. The molecule has 1 atom stereocenters. The van der Waals surface area contributed by atoms with Crippen LogP contribution in [0.25, 0.3) is 0 Å². The SMILES string of the molecule is C=CCSc1ccccc1NC(=O)CN(C)CC1CN(CC)c2ccccc2O1. The summed E-state index contributed by atoms with van der Waals surface area (Å²) in [5.41, 5.74) is 1.98. The summed E-state index contributed by atoms with van der Waals surface area (Å²) in [4.78, 5) is 18.0. The lowest BCUT2D eigenvalue weighted by molar-refractivity contribution is -0.117. The van der Waals surface area contributed by atoms with Crippen molar-refractivity contribution in [3.8, 4) is 5.75 Å². The molecule has 0 saturated heterocycles. The van der Waals surface area contributed by atoms with E-state index in [9.17, 15) is 4.79 Å². The van der Waals surface area contributed by atoms with Gasteiger partial charge in [-0.15, -0.1) is 18.3 Å². The second-order valence-corrected chi connectivity index (χ2v) is 8.15. The zero-order chi connectivity index (χ0) is 20.6. The van der Waals surface area contributed by atoms with Crippen molar-refractivity contribution < 1.29 is 9.53 Å². The van der Waals surface area contributed by atoms with Crippen LogP contribution in [0.5, 0.6) is 5.75 Å². The molecular formula is C23H29N3O2S. The van der Waals surface area contributed by atoms with Gasteiger partial charge in [-0.1, -0.05) is 30.3 Å². The van der Waals surface area contributed by atoms with Gasteiger partial charge in [0, 0.05) is 23.7 Å². The van der Waals surface area contributed by atoms with Gasteiger partial charge in [0.1, 0.15) is 11.9 Å². The summed E-state index contributed by atoms with van der Waals surface area (Å²) in [5, 5.41) is 3.04. The first-order valence-corrected chi connectivity index (χ1v) is 10.9. The van der Waals surface area contributed by atoms with E-state index in [0.717, 1.165) is 40.9 Å². The standard InChI is InChI=1S/C23H29N3O2S/c1-4-14-29-22-13-9-6-10-19(22)24-23(27)17-25(3)15-18-16-26(5-2)20-11-7-8-12-21(20)28-18/h4,6-13,18H,1,5,14-17H2,2-3H3,(H,24,27). The zero-order valence-corrected chi connectivity index (χ0v) is 18.0. The van der Waals surface area contributed by atoms with Crippen LogP contribution in [0.4, 0.5) is 11.4 Å². The fourth-order valence-corrected chi connectivity index (χ4v) is 4.21. The molecule has 1 aliphatic rings. The van der Waals surface area contributed by atoms with E-state index in [4.69, 9.17) is 4.74 Å². The third-order valence-electron chi connectivity index (χ3n) is 4.75. The molecule has 3 rings (SSSR count). The Kier molecular flexibility index (Phi) is 7.61. The highest BCUT2D eigenvalue weighted by Crippen LogP contribution is 2.33. The largest absolute Gasteiger partial charge is 0.485 e. The molecule has 29 heavy (non-hydrogen) atoms. The molecule has 2 aromatic rings. The van der Waals surface area contributed by atoms with Crippen molar-refractivity contribution in [2.45, 2.75) is 17.9 Å². The highest BCUT2D eigenvalue weighted by Gasteiger charge is 2.25. The molecule has 154 valence electrons. The Morgan fingerprint density at radius 1 is 1.31 bits per heavy atom. The Bertz CT molecular complexity index is 842. The van der Waals surface area contributed by atoms with Gasteiger partial charge in [-0.25, -0.2) is 0 Å². The van der Waals surface area contributed by atoms with Crippen LogP contribution in [-0.4, -0.2) is 55.9 Å². The third kappa shape index (κ3) is 5.78. The maximum Gasteiger partial charge on any atom is 0.238 e. The lowest BCUT2D eigenvalue weighted by Gasteiger charge is -2.37. The Balaban J connectivity index is 1.55. The quantitative estimate of drug-likeness (QED) is 0.497. The van der Waals surface area contributed by atoms with Gasteiger partial charge in [-0.3, -0.25) is 9.69 Å². The van der Waals surface area contributed by atoms with Crippen molar-refractivity contribution >= 4 is 29.0 Å². The fourth-order valence-electron chi connectivity index (χ4n) is 3.47. The summed E-state index contributed by atoms with van der Waals surface area (Å²) in [6, 6.07) is 16.0. The van der Waals surface area contributed by atoms with Crippen molar-refractivity contribution in [3.05, 3.63) is 61.2 Å². The number of nitrogens with one attached hydrogen (secondary N) is 1. The molecule has 1 unspecified atom stereocenters. The number of carbonyl (C=O) groups excluding carboxylic acids is 1. The van der Waals surface area contributed by atoms with Crippen molar-refractivity contribution in [2.75, 3.05) is 49.2 Å². The van der Waals surface area contributed by atoms with Gasteiger partial charge in [0.05, 0.1) is 24.5 Å². The van der Waals surface area contributed by atoms with E-state index in [0.29, 0.717) is 13.1 Å². The van der Waals surface area contributed by atoms with Gasteiger partial charge in [-0.05, 0) is 38.2 Å². The summed E-state index contributed by atoms with van der Waals surface area (Å²) in [6.45, 7) is 8.66. The van der Waals surface area contributed by atoms with E-state index < -0.39 is 0 Å². The van der Waals surface area contributed by atoms with E-state index in [2.05, 4.69) is 29.8 Å². The average molecular weight is 412 g/mol. The van der Waals surface area contributed by atoms with E-state index >= 15 is 0 Å². The number of likely N-dealkylation sites (N-methyl/N-ethyl adjacent to an activating group) is 2. The van der Waals surface area contributed by atoms with Crippen LogP contribution in [0, 0.1) is 0 Å². The van der Waals surface area contributed by atoms with Gasteiger partial charge in [0.25, 0.3) is 0 Å². The minimum atomic E-state index is -0.0253. The number of anilines is 2. The zero-order valence-electron chi connectivity index (χ0n) is 17.1. The van der Waals surface area contributed by atoms with Gasteiger partial charge in [0.15, 0.2) is 0 Å². The lowest BCUT2D eigenvalue weighted by atomic mass is 10.2. The first-order chi connectivity index (χ1) is 14.1.